The predicted molar refractivity (Wildman–Crippen MR) is 66.8 cm³/mol. The molecule has 5 nitrogen and oxygen atoms in total. The van der Waals surface area contributed by atoms with E-state index in [0.29, 0.717) is 30.2 Å². The first kappa shape index (κ1) is 13.2. The summed E-state index contributed by atoms with van der Waals surface area (Å²) in [4.78, 5) is 27.7. The second kappa shape index (κ2) is 5.20. The molecule has 0 spiro atoms. The van der Waals surface area contributed by atoms with E-state index < -0.39 is 0 Å². The van der Waals surface area contributed by atoms with Crippen LogP contribution in [0.25, 0.3) is 0 Å². The van der Waals surface area contributed by atoms with Crippen LogP contribution in [0.1, 0.15) is 16.9 Å². The maximum atomic E-state index is 12.1. The normalized spacial score (nSPS) is 19.1. The SMILES string of the molecule is COC(=O)C1CCN(C(=O)c2cc(Cl)c(Cl)[nH]2)C1. The number of nitrogens with one attached hydrogen (secondary N) is 1. The van der Waals surface area contributed by atoms with Crippen LogP contribution < -0.4 is 0 Å². The molecule has 2 heterocycles. The van der Waals surface area contributed by atoms with Gasteiger partial charge in [-0.25, -0.2) is 0 Å². The van der Waals surface area contributed by atoms with Crippen molar-refractivity contribution in [1.82, 2.24) is 9.88 Å². The van der Waals surface area contributed by atoms with Crippen LogP contribution in [0.15, 0.2) is 6.07 Å². The molecule has 18 heavy (non-hydrogen) atoms. The van der Waals surface area contributed by atoms with E-state index in [-0.39, 0.29) is 22.9 Å². The average Bonchev–Trinajstić information content (AvgIpc) is 2.96. The van der Waals surface area contributed by atoms with Gasteiger partial charge in [-0.15, -0.1) is 0 Å². The minimum Gasteiger partial charge on any atom is -0.469 e. The van der Waals surface area contributed by atoms with Gasteiger partial charge in [-0.3, -0.25) is 9.59 Å². The van der Waals surface area contributed by atoms with E-state index in [9.17, 15) is 9.59 Å². The topological polar surface area (TPSA) is 62.4 Å². The van der Waals surface area contributed by atoms with E-state index >= 15 is 0 Å². The highest BCUT2D eigenvalue weighted by atomic mass is 35.5. The fourth-order valence-corrected chi connectivity index (χ4v) is 2.31. The van der Waals surface area contributed by atoms with Crippen LogP contribution in [-0.2, 0) is 9.53 Å². The molecule has 1 aromatic heterocycles. The van der Waals surface area contributed by atoms with Crippen LogP contribution in [0.3, 0.4) is 0 Å². The van der Waals surface area contributed by atoms with Crippen molar-refractivity contribution in [3.8, 4) is 0 Å². The zero-order valence-corrected chi connectivity index (χ0v) is 11.2. The molecule has 7 heteroatoms. The van der Waals surface area contributed by atoms with E-state index in [2.05, 4.69) is 9.72 Å². The van der Waals surface area contributed by atoms with Gasteiger partial charge < -0.3 is 14.6 Å². The van der Waals surface area contributed by atoms with Gasteiger partial charge in [0.05, 0.1) is 18.1 Å². The summed E-state index contributed by atoms with van der Waals surface area (Å²) in [5.41, 5.74) is 0.329. The minimum atomic E-state index is -0.284. The molecule has 0 radical (unpaired) electrons. The molecule has 2 rings (SSSR count). The number of rotatable bonds is 2. The second-order valence-corrected chi connectivity index (χ2v) is 4.89. The number of carbonyl (C=O) groups is 2. The van der Waals surface area contributed by atoms with Crippen LogP contribution in [0, 0.1) is 5.92 Å². The van der Waals surface area contributed by atoms with Crippen molar-refractivity contribution in [3.05, 3.63) is 21.9 Å². The highest BCUT2D eigenvalue weighted by Crippen LogP contribution is 2.25. The molecule has 1 amide bonds. The molecule has 0 bridgehead atoms. The van der Waals surface area contributed by atoms with Crippen molar-refractivity contribution in [1.29, 1.82) is 0 Å². The molecule has 1 atom stereocenters. The third-order valence-electron chi connectivity index (χ3n) is 2.97. The number of likely N-dealkylation sites (tertiary alicyclic amines) is 1. The summed E-state index contributed by atoms with van der Waals surface area (Å²) in [6.07, 6.45) is 0.612. The molecule has 1 aliphatic rings. The zero-order valence-electron chi connectivity index (χ0n) is 9.70. The fourth-order valence-electron chi connectivity index (χ4n) is 1.99. The van der Waals surface area contributed by atoms with Gasteiger partial charge in [0, 0.05) is 13.1 Å². The molecule has 0 aromatic carbocycles. The van der Waals surface area contributed by atoms with Gasteiger partial charge >= 0.3 is 5.97 Å². The molecule has 1 fully saturated rings. The number of ether oxygens (including phenoxy) is 1. The summed E-state index contributed by atoms with van der Waals surface area (Å²) < 4.78 is 4.66. The number of hydrogen-bond acceptors (Lipinski definition) is 3. The molecule has 1 saturated heterocycles. The summed E-state index contributed by atoms with van der Waals surface area (Å²) >= 11 is 11.5. The van der Waals surface area contributed by atoms with E-state index in [0.717, 1.165) is 0 Å². The smallest absolute Gasteiger partial charge is 0.310 e. The molecule has 98 valence electrons. The van der Waals surface area contributed by atoms with Gasteiger partial charge in [0.25, 0.3) is 5.91 Å². The first-order valence-corrected chi connectivity index (χ1v) is 6.19. The molecule has 0 saturated carbocycles. The number of halogens is 2. The van der Waals surface area contributed by atoms with Crippen LogP contribution >= 0.6 is 23.2 Å². The van der Waals surface area contributed by atoms with E-state index in [4.69, 9.17) is 23.2 Å². The second-order valence-electron chi connectivity index (χ2n) is 4.10. The third kappa shape index (κ3) is 2.47. The first-order chi connectivity index (χ1) is 8.52. The summed E-state index contributed by atoms with van der Waals surface area (Å²) in [6.45, 7) is 0.882. The Hall–Kier alpha value is -1.20. The maximum Gasteiger partial charge on any atom is 0.310 e. The number of amides is 1. The number of methoxy groups -OCH3 is 1. The lowest BCUT2D eigenvalue weighted by molar-refractivity contribution is -0.144. The van der Waals surface area contributed by atoms with E-state index in [1.807, 2.05) is 0 Å². The standard InChI is InChI=1S/C11H12Cl2N2O3/c1-18-11(17)6-2-3-15(5-6)10(16)8-4-7(12)9(13)14-8/h4,6,14H,2-3,5H2,1H3. The summed E-state index contributed by atoms with van der Waals surface area (Å²) in [6, 6.07) is 1.48. The Morgan fingerprint density at radius 1 is 1.50 bits per heavy atom. The Kier molecular flexibility index (Phi) is 3.82. The number of hydrogen-bond donors (Lipinski definition) is 1. The van der Waals surface area contributed by atoms with Crippen molar-refractivity contribution in [2.45, 2.75) is 6.42 Å². The molecule has 1 aliphatic heterocycles. The Morgan fingerprint density at radius 2 is 2.22 bits per heavy atom. The van der Waals surface area contributed by atoms with Gasteiger partial charge in [0.2, 0.25) is 0 Å². The van der Waals surface area contributed by atoms with Gasteiger partial charge in [-0.05, 0) is 12.5 Å². The van der Waals surface area contributed by atoms with Crippen LogP contribution in [-0.4, -0.2) is 42.0 Å². The van der Waals surface area contributed by atoms with E-state index in [1.54, 1.807) is 4.90 Å². The summed E-state index contributed by atoms with van der Waals surface area (Å²) in [7, 11) is 1.34. The molecule has 0 aliphatic carbocycles. The number of esters is 1. The van der Waals surface area contributed by atoms with Gasteiger partial charge in [-0.2, -0.15) is 0 Å². The maximum absolute atomic E-state index is 12.1. The highest BCUT2D eigenvalue weighted by Gasteiger charge is 2.32. The molecular weight excluding hydrogens is 279 g/mol. The number of aromatic nitrogens is 1. The summed E-state index contributed by atoms with van der Waals surface area (Å²) in [5.74, 6) is -0.747. The lowest BCUT2D eigenvalue weighted by Crippen LogP contribution is -2.30. The molecular formula is C11H12Cl2N2O3. The highest BCUT2D eigenvalue weighted by molar-refractivity contribution is 6.41. The van der Waals surface area contributed by atoms with Crippen LogP contribution in [0.2, 0.25) is 10.2 Å². The minimum absolute atomic E-state index is 0.213. The lowest BCUT2D eigenvalue weighted by Gasteiger charge is -2.14. The number of nitrogens with zero attached hydrogens (tertiary/aromatic N) is 1. The third-order valence-corrected chi connectivity index (χ3v) is 3.66. The van der Waals surface area contributed by atoms with Crippen molar-refractivity contribution >= 4 is 35.1 Å². The molecule has 1 unspecified atom stereocenters. The zero-order chi connectivity index (χ0) is 13.3. The predicted octanol–water partition coefficient (Wildman–Crippen LogP) is 1.96. The summed E-state index contributed by atoms with van der Waals surface area (Å²) in [5, 5.41) is 0.549. The molecule has 1 N–H and O–H groups in total. The van der Waals surface area contributed by atoms with Crippen LogP contribution in [0.4, 0.5) is 0 Å². The lowest BCUT2D eigenvalue weighted by atomic mass is 10.1. The van der Waals surface area contributed by atoms with Crippen molar-refractivity contribution in [2.75, 3.05) is 20.2 Å². The Morgan fingerprint density at radius 3 is 2.78 bits per heavy atom. The van der Waals surface area contributed by atoms with E-state index in [1.165, 1.54) is 13.2 Å². The van der Waals surface area contributed by atoms with Crippen molar-refractivity contribution in [3.63, 3.8) is 0 Å². The monoisotopic (exact) mass is 290 g/mol. The van der Waals surface area contributed by atoms with Gasteiger partial charge in [0.15, 0.2) is 0 Å². The molecule has 1 aromatic rings. The van der Waals surface area contributed by atoms with Crippen molar-refractivity contribution in [2.24, 2.45) is 5.92 Å². The Labute approximate surface area is 114 Å². The van der Waals surface area contributed by atoms with Gasteiger partial charge in [-0.1, -0.05) is 23.2 Å². The largest absolute Gasteiger partial charge is 0.469 e. The first-order valence-electron chi connectivity index (χ1n) is 5.44. The van der Waals surface area contributed by atoms with Crippen LogP contribution in [0.5, 0.6) is 0 Å². The quantitative estimate of drug-likeness (QED) is 0.847. The Balaban J connectivity index is 2.05. The number of carbonyl (C=O) groups excluding carboxylic acids is 2. The van der Waals surface area contributed by atoms with Gasteiger partial charge in [0.1, 0.15) is 10.8 Å². The Bertz CT molecular complexity index is 467. The van der Waals surface area contributed by atoms with Crippen molar-refractivity contribution < 1.29 is 14.3 Å². The average molecular weight is 291 g/mol. The number of H-pyrrole nitrogens is 1. The number of aromatic amines is 1. The fraction of sp³-hybridized carbons (Fsp3) is 0.455.